The lowest BCUT2D eigenvalue weighted by atomic mass is 10.1. The van der Waals surface area contributed by atoms with E-state index in [2.05, 4.69) is 52.9 Å². The van der Waals surface area contributed by atoms with Crippen LogP contribution in [-0.4, -0.2) is 58.3 Å². The number of benzene rings is 1. The highest BCUT2D eigenvalue weighted by Crippen LogP contribution is 2.22. The molecule has 0 fully saturated rings. The fourth-order valence-corrected chi connectivity index (χ4v) is 2.93. The Kier molecular flexibility index (Phi) is 9.64. The molecule has 1 aromatic carbocycles. The van der Waals surface area contributed by atoms with Crippen molar-refractivity contribution in [1.82, 2.24) is 19.9 Å². The summed E-state index contributed by atoms with van der Waals surface area (Å²) in [6.45, 7) is 11.2. The van der Waals surface area contributed by atoms with Crippen molar-refractivity contribution < 1.29 is 4.79 Å². The van der Waals surface area contributed by atoms with Gasteiger partial charge in [-0.3, -0.25) is 0 Å². The topological polar surface area (TPSA) is 100 Å². The zero-order valence-electron chi connectivity index (χ0n) is 18.9. The number of urea groups is 1. The molecule has 30 heavy (non-hydrogen) atoms. The second kappa shape index (κ2) is 11.2. The van der Waals surface area contributed by atoms with Gasteiger partial charge in [-0.25, -0.2) is 4.79 Å². The van der Waals surface area contributed by atoms with Crippen LogP contribution in [-0.2, 0) is 0 Å². The summed E-state index contributed by atoms with van der Waals surface area (Å²) >= 11 is 7.38. The fourth-order valence-electron chi connectivity index (χ4n) is 2.39. The van der Waals surface area contributed by atoms with E-state index in [1.807, 2.05) is 25.3 Å². The molecule has 0 aliphatic rings. The Balaban J connectivity index is 0.000000303. The molecule has 8 nitrogen and oxygen atoms in total. The summed E-state index contributed by atoms with van der Waals surface area (Å²) in [5.74, 6) is 0.920. The van der Waals surface area contributed by atoms with Gasteiger partial charge in [-0.1, -0.05) is 29.4 Å². The van der Waals surface area contributed by atoms with E-state index < -0.39 is 0 Å². The summed E-state index contributed by atoms with van der Waals surface area (Å²) in [6, 6.07) is 5.26. The average Bonchev–Trinajstić information content (AvgIpc) is 2.64. The summed E-state index contributed by atoms with van der Waals surface area (Å²) < 4.78 is 0. The predicted octanol–water partition coefficient (Wildman–Crippen LogP) is 4.54. The van der Waals surface area contributed by atoms with Gasteiger partial charge in [0.05, 0.1) is 0 Å². The molecule has 0 spiro atoms. The molecule has 3 N–H and O–H groups in total. The van der Waals surface area contributed by atoms with Crippen molar-refractivity contribution in [3.05, 3.63) is 28.8 Å². The van der Waals surface area contributed by atoms with Crippen molar-refractivity contribution in [2.45, 2.75) is 45.3 Å². The van der Waals surface area contributed by atoms with Gasteiger partial charge < -0.3 is 20.9 Å². The molecule has 166 valence electrons. The average molecular weight is 454 g/mol. The van der Waals surface area contributed by atoms with Crippen LogP contribution in [0.4, 0.5) is 22.4 Å². The van der Waals surface area contributed by atoms with E-state index in [4.69, 9.17) is 17.3 Å². The number of anilines is 3. The van der Waals surface area contributed by atoms with Crippen LogP contribution < -0.4 is 16.0 Å². The quantitative estimate of drug-likeness (QED) is 0.655. The van der Waals surface area contributed by atoms with Gasteiger partial charge in [0.25, 0.3) is 0 Å². The number of nitrogens with one attached hydrogen (secondary N) is 1. The molecule has 0 atom stereocenters. The summed E-state index contributed by atoms with van der Waals surface area (Å²) in [5.41, 5.74) is 7.34. The third-order valence-corrected chi connectivity index (χ3v) is 4.95. The lowest BCUT2D eigenvalue weighted by Crippen LogP contribution is -2.42. The molecule has 0 saturated heterocycles. The van der Waals surface area contributed by atoms with Gasteiger partial charge in [-0.05, 0) is 58.6 Å². The minimum atomic E-state index is -0.162. The number of aromatic nitrogens is 3. The maximum absolute atomic E-state index is 11.3. The Morgan fingerprint density at radius 3 is 2.33 bits per heavy atom. The fraction of sp³-hybridized carbons (Fsp3) is 0.500. The van der Waals surface area contributed by atoms with Crippen LogP contribution in [0.25, 0.3) is 0 Å². The largest absolute Gasteiger partial charge is 0.368 e. The Hall–Kier alpha value is -2.26. The number of hydrogen-bond acceptors (Lipinski definition) is 7. The van der Waals surface area contributed by atoms with Crippen molar-refractivity contribution in [3.63, 3.8) is 0 Å². The van der Waals surface area contributed by atoms with E-state index in [0.29, 0.717) is 21.8 Å². The SMILES string of the molecule is CCN(c1nc(N)nc(SC)n1)C(C)(C)C.Cc1ccc(NC(=O)N(C)C)cc1Cl. The highest BCUT2D eigenvalue weighted by atomic mass is 35.5. The Morgan fingerprint density at radius 1 is 1.23 bits per heavy atom. The molecule has 2 rings (SSSR count). The molecule has 0 aliphatic heterocycles. The van der Waals surface area contributed by atoms with Crippen LogP contribution in [0.1, 0.15) is 33.3 Å². The van der Waals surface area contributed by atoms with Gasteiger partial charge >= 0.3 is 6.03 Å². The number of hydrogen-bond donors (Lipinski definition) is 2. The lowest BCUT2D eigenvalue weighted by molar-refractivity contribution is 0.230. The minimum Gasteiger partial charge on any atom is -0.368 e. The molecular formula is C20H32ClN7OS. The lowest BCUT2D eigenvalue weighted by Gasteiger charge is -2.34. The summed E-state index contributed by atoms with van der Waals surface area (Å²) in [6.07, 6.45) is 1.92. The Labute approximate surface area is 188 Å². The second-order valence-electron chi connectivity index (χ2n) is 7.68. The molecule has 1 aromatic heterocycles. The van der Waals surface area contributed by atoms with Crippen LogP contribution in [0.2, 0.25) is 5.02 Å². The van der Waals surface area contributed by atoms with Gasteiger partial charge in [0.1, 0.15) is 0 Å². The maximum atomic E-state index is 11.3. The van der Waals surface area contributed by atoms with Gasteiger partial charge in [-0.15, -0.1) is 0 Å². The number of nitrogen functional groups attached to an aromatic ring is 1. The molecular weight excluding hydrogens is 422 g/mol. The van der Waals surface area contributed by atoms with Gasteiger partial charge in [-0.2, -0.15) is 15.0 Å². The van der Waals surface area contributed by atoms with E-state index in [-0.39, 0.29) is 17.5 Å². The number of halogens is 1. The first-order valence-corrected chi connectivity index (χ1v) is 11.1. The van der Waals surface area contributed by atoms with Crippen molar-refractivity contribution in [2.75, 3.05) is 42.8 Å². The van der Waals surface area contributed by atoms with Gasteiger partial charge in [0.2, 0.25) is 11.9 Å². The molecule has 0 radical (unpaired) electrons. The zero-order valence-corrected chi connectivity index (χ0v) is 20.5. The van der Waals surface area contributed by atoms with E-state index in [1.165, 1.54) is 16.7 Å². The second-order valence-corrected chi connectivity index (χ2v) is 8.86. The van der Waals surface area contributed by atoms with Gasteiger partial charge in [0, 0.05) is 36.9 Å². The summed E-state index contributed by atoms with van der Waals surface area (Å²) in [5, 5.41) is 4.02. The molecule has 0 saturated carbocycles. The Bertz CT molecular complexity index is 856. The first-order chi connectivity index (χ1) is 13.9. The van der Waals surface area contributed by atoms with Crippen molar-refractivity contribution in [2.24, 2.45) is 0 Å². The number of rotatable bonds is 4. The number of carbonyl (C=O) groups is 1. The van der Waals surface area contributed by atoms with Crippen LogP contribution in [0.3, 0.4) is 0 Å². The highest BCUT2D eigenvalue weighted by molar-refractivity contribution is 7.98. The van der Waals surface area contributed by atoms with Crippen molar-refractivity contribution >= 4 is 47.0 Å². The van der Waals surface area contributed by atoms with E-state index in [1.54, 1.807) is 20.2 Å². The van der Waals surface area contributed by atoms with E-state index in [9.17, 15) is 4.79 Å². The molecule has 10 heteroatoms. The number of nitrogens with zero attached hydrogens (tertiary/aromatic N) is 5. The summed E-state index contributed by atoms with van der Waals surface area (Å²) in [4.78, 5) is 27.5. The number of carbonyl (C=O) groups excluding carboxylic acids is 1. The van der Waals surface area contributed by atoms with Crippen molar-refractivity contribution in [1.29, 1.82) is 0 Å². The molecule has 0 unspecified atom stereocenters. The maximum Gasteiger partial charge on any atom is 0.321 e. The number of thioether (sulfide) groups is 1. The number of nitrogens with two attached hydrogens (primary N) is 1. The van der Waals surface area contributed by atoms with Crippen LogP contribution in [0.15, 0.2) is 23.4 Å². The zero-order chi connectivity index (χ0) is 23.1. The van der Waals surface area contributed by atoms with Gasteiger partial charge in [0.15, 0.2) is 5.16 Å². The third kappa shape index (κ3) is 7.87. The number of aryl methyl sites for hydroxylation is 1. The number of amides is 2. The van der Waals surface area contributed by atoms with Crippen LogP contribution in [0.5, 0.6) is 0 Å². The first kappa shape index (κ1) is 25.8. The smallest absolute Gasteiger partial charge is 0.321 e. The summed E-state index contributed by atoms with van der Waals surface area (Å²) in [7, 11) is 3.37. The molecule has 2 aromatic rings. The van der Waals surface area contributed by atoms with Crippen molar-refractivity contribution in [3.8, 4) is 0 Å². The predicted molar refractivity (Wildman–Crippen MR) is 128 cm³/mol. The monoisotopic (exact) mass is 453 g/mol. The third-order valence-electron chi connectivity index (χ3n) is 4.00. The van der Waals surface area contributed by atoms with Crippen LogP contribution >= 0.6 is 23.4 Å². The van der Waals surface area contributed by atoms with E-state index >= 15 is 0 Å². The molecule has 1 heterocycles. The highest BCUT2D eigenvalue weighted by Gasteiger charge is 2.23. The normalized spacial score (nSPS) is 10.7. The van der Waals surface area contributed by atoms with Crippen LogP contribution in [0, 0.1) is 6.92 Å². The minimum absolute atomic E-state index is 0.0295. The van der Waals surface area contributed by atoms with E-state index in [0.717, 1.165) is 12.1 Å². The Morgan fingerprint density at radius 2 is 1.87 bits per heavy atom. The molecule has 0 aliphatic carbocycles. The molecule has 2 amide bonds. The first-order valence-electron chi connectivity index (χ1n) is 9.46. The standard InChI is InChI=1S/C10H13ClN2O.C10H19N5S/c1-7-4-5-8(6-9(7)11)12-10(14)13(2)3;1-6-15(10(2,3)4)8-12-7(11)13-9(14-8)16-5/h4-6H,1-3H3,(H,12,14);6H2,1-5H3,(H2,11,12,13,14). The molecule has 0 bridgehead atoms.